The molecule has 2 N–H and O–H groups in total. The highest BCUT2D eigenvalue weighted by molar-refractivity contribution is 5.57. The number of anilines is 1. The van der Waals surface area contributed by atoms with Crippen molar-refractivity contribution in [3.63, 3.8) is 0 Å². The molecule has 3 saturated heterocycles. The van der Waals surface area contributed by atoms with Crippen LogP contribution in [-0.4, -0.2) is 24.5 Å². The number of nitrogens with zero attached hydrogens (tertiary/aromatic N) is 1. The summed E-state index contributed by atoms with van der Waals surface area (Å²) in [7, 11) is 0. The van der Waals surface area contributed by atoms with Crippen molar-refractivity contribution in [1.82, 2.24) is 4.90 Å². The maximum absolute atomic E-state index is 5.69. The summed E-state index contributed by atoms with van der Waals surface area (Å²) in [5, 5.41) is 0. The van der Waals surface area contributed by atoms with E-state index in [-0.39, 0.29) is 0 Å². The van der Waals surface area contributed by atoms with Gasteiger partial charge in [0.25, 0.3) is 0 Å². The summed E-state index contributed by atoms with van der Waals surface area (Å²) in [4.78, 5) is 2.56. The van der Waals surface area contributed by atoms with Gasteiger partial charge in [0, 0.05) is 12.2 Å². The zero-order chi connectivity index (χ0) is 11.0. The van der Waals surface area contributed by atoms with Gasteiger partial charge in [0.1, 0.15) is 0 Å². The molecule has 0 aliphatic carbocycles. The molecule has 0 spiro atoms. The molecule has 0 amide bonds. The molecule has 2 bridgehead atoms. The highest BCUT2D eigenvalue weighted by Crippen LogP contribution is 2.32. The van der Waals surface area contributed by atoms with Crippen molar-refractivity contribution in [1.29, 1.82) is 0 Å². The molecule has 84 valence electrons. The van der Waals surface area contributed by atoms with Crippen LogP contribution in [0.25, 0.3) is 6.08 Å². The topological polar surface area (TPSA) is 29.3 Å². The second-order valence-electron chi connectivity index (χ2n) is 4.94. The maximum atomic E-state index is 5.69. The third-order valence-electron chi connectivity index (χ3n) is 3.81. The molecule has 16 heavy (non-hydrogen) atoms. The summed E-state index contributed by atoms with van der Waals surface area (Å²) >= 11 is 0. The molecule has 3 heterocycles. The summed E-state index contributed by atoms with van der Waals surface area (Å²) in [6, 6.07) is 8.18. The average molecular weight is 214 g/mol. The van der Waals surface area contributed by atoms with Gasteiger partial charge in [-0.05, 0) is 49.5 Å². The fourth-order valence-corrected chi connectivity index (χ4v) is 2.82. The summed E-state index contributed by atoms with van der Waals surface area (Å²) in [5.74, 6) is 0.836. The van der Waals surface area contributed by atoms with Gasteiger partial charge in [-0.15, -0.1) is 0 Å². The summed E-state index contributed by atoms with van der Waals surface area (Å²) in [6.45, 7) is 3.77. The Morgan fingerprint density at radius 1 is 1.12 bits per heavy atom. The van der Waals surface area contributed by atoms with Crippen molar-refractivity contribution in [2.75, 3.05) is 25.4 Å². The van der Waals surface area contributed by atoms with E-state index in [0.717, 1.165) is 11.6 Å². The molecule has 1 aromatic carbocycles. The summed E-state index contributed by atoms with van der Waals surface area (Å²) in [5.41, 5.74) is 9.44. The molecular formula is C14H18N2. The van der Waals surface area contributed by atoms with Crippen LogP contribution in [0.1, 0.15) is 18.4 Å². The van der Waals surface area contributed by atoms with E-state index in [4.69, 9.17) is 5.73 Å². The van der Waals surface area contributed by atoms with E-state index in [1.807, 2.05) is 12.1 Å². The number of hydrogen-bond donors (Lipinski definition) is 1. The normalized spacial score (nSPS) is 30.9. The molecule has 3 aliphatic rings. The van der Waals surface area contributed by atoms with Gasteiger partial charge in [0.05, 0.1) is 0 Å². The first-order chi connectivity index (χ1) is 7.81. The number of nitrogens with two attached hydrogens (primary N) is 1. The van der Waals surface area contributed by atoms with Crippen LogP contribution >= 0.6 is 0 Å². The Kier molecular flexibility index (Phi) is 2.44. The first kappa shape index (κ1) is 9.91. The lowest BCUT2D eigenvalue weighted by Crippen LogP contribution is -2.42. The molecule has 0 radical (unpaired) electrons. The molecule has 2 heteroatoms. The monoisotopic (exact) mass is 214 g/mol. The molecule has 3 aliphatic heterocycles. The number of fused-ring (bicyclic) bond motifs is 3. The standard InChI is InChI=1S/C14H18N2/c15-14-3-1-11(2-4-14)9-13-10-16-7-5-12(13)6-8-16/h1-4,9,12H,5-8,10,15H2/b13-9+. The molecule has 0 atom stereocenters. The van der Waals surface area contributed by atoms with Crippen LogP contribution in [0.15, 0.2) is 29.8 Å². The highest BCUT2D eigenvalue weighted by atomic mass is 15.1. The Balaban J connectivity index is 1.84. The van der Waals surface area contributed by atoms with E-state index in [9.17, 15) is 0 Å². The number of nitrogen functional groups attached to an aromatic ring is 1. The van der Waals surface area contributed by atoms with E-state index >= 15 is 0 Å². The lowest BCUT2D eigenvalue weighted by molar-refractivity contribution is 0.163. The summed E-state index contributed by atoms with van der Waals surface area (Å²) in [6.07, 6.45) is 5.05. The molecule has 3 fully saturated rings. The zero-order valence-corrected chi connectivity index (χ0v) is 9.52. The molecule has 4 rings (SSSR count). The van der Waals surface area contributed by atoms with Gasteiger partial charge < -0.3 is 5.73 Å². The van der Waals surface area contributed by atoms with Crippen LogP contribution in [0, 0.1) is 5.92 Å². The fourth-order valence-electron chi connectivity index (χ4n) is 2.82. The second kappa shape index (κ2) is 3.95. The van der Waals surface area contributed by atoms with Crippen LogP contribution in [0.4, 0.5) is 5.69 Å². The number of hydrogen-bond acceptors (Lipinski definition) is 2. The van der Waals surface area contributed by atoms with Crippen LogP contribution in [0.2, 0.25) is 0 Å². The van der Waals surface area contributed by atoms with Gasteiger partial charge in [0.15, 0.2) is 0 Å². The highest BCUT2D eigenvalue weighted by Gasteiger charge is 2.28. The van der Waals surface area contributed by atoms with Crippen molar-refractivity contribution in [2.24, 2.45) is 5.92 Å². The van der Waals surface area contributed by atoms with E-state index in [1.165, 1.54) is 38.0 Å². The number of rotatable bonds is 1. The first-order valence-corrected chi connectivity index (χ1v) is 6.09. The summed E-state index contributed by atoms with van der Waals surface area (Å²) < 4.78 is 0. The van der Waals surface area contributed by atoms with E-state index in [1.54, 1.807) is 5.57 Å². The van der Waals surface area contributed by atoms with E-state index < -0.39 is 0 Å². The lowest BCUT2D eigenvalue weighted by Gasteiger charge is -2.41. The smallest absolute Gasteiger partial charge is 0.0314 e. The van der Waals surface area contributed by atoms with Crippen molar-refractivity contribution in [3.8, 4) is 0 Å². The largest absolute Gasteiger partial charge is 0.399 e. The van der Waals surface area contributed by atoms with Gasteiger partial charge in [-0.1, -0.05) is 23.8 Å². The van der Waals surface area contributed by atoms with Gasteiger partial charge >= 0.3 is 0 Å². The van der Waals surface area contributed by atoms with Gasteiger partial charge in [-0.3, -0.25) is 4.90 Å². The third kappa shape index (κ3) is 1.85. The van der Waals surface area contributed by atoms with E-state index in [0.29, 0.717) is 0 Å². The Hall–Kier alpha value is -1.28. The third-order valence-corrected chi connectivity index (χ3v) is 3.81. The van der Waals surface area contributed by atoms with Gasteiger partial charge in [-0.25, -0.2) is 0 Å². The average Bonchev–Trinajstić information content (AvgIpc) is 2.34. The minimum absolute atomic E-state index is 0.836. The number of piperidine rings is 3. The fraction of sp³-hybridized carbons (Fsp3) is 0.429. The van der Waals surface area contributed by atoms with Crippen molar-refractivity contribution in [2.45, 2.75) is 12.8 Å². The molecular weight excluding hydrogens is 196 g/mol. The Morgan fingerprint density at radius 2 is 1.81 bits per heavy atom. The van der Waals surface area contributed by atoms with Crippen molar-refractivity contribution in [3.05, 3.63) is 35.4 Å². The number of benzene rings is 1. The maximum Gasteiger partial charge on any atom is 0.0314 e. The Morgan fingerprint density at radius 3 is 2.38 bits per heavy atom. The van der Waals surface area contributed by atoms with Crippen LogP contribution < -0.4 is 5.73 Å². The van der Waals surface area contributed by atoms with Crippen LogP contribution in [0.5, 0.6) is 0 Å². The van der Waals surface area contributed by atoms with Crippen molar-refractivity contribution >= 4 is 11.8 Å². The minimum Gasteiger partial charge on any atom is -0.399 e. The molecule has 0 aromatic heterocycles. The van der Waals surface area contributed by atoms with Gasteiger partial charge in [-0.2, -0.15) is 0 Å². The minimum atomic E-state index is 0.836. The van der Waals surface area contributed by atoms with Crippen molar-refractivity contribution < 1.29 is 0 Å². The SMILES string of the molecule is Nc1ccc(/C=C2\CN3CCC2CC3)cc1. The predicted molar refractivity (Wildman–Crippen MR) is 68.0 cm³/mol. The first-order valence-electron chi connectivity index (χ1n) is 6.09. The van der Waals surface area contributed by atoms with Gasteiger partial charge in [0.2, 0.25) is 0 Å². The second-order valence-corrected chi connectivity index (χ2v) is 4.94. The van der Waals surface area contributed by atoms with Crippen LogP contribution in [-0.2, 0) is 0 Å². The quantitative estimate of drug-likeness (QED) is 0.727. The molecule has 1 aromatic rings. The Labute approximate surface area is 96.7 Å². The van der Waals surface area contributed by atoms with Crippen LogP contribution in [0.3, 0.4) is 0 Å². The predicted octanol–water partition coefficient (Wildman–Crippen LogP) is 2.38. The zero-order valence-electron chi connectivity index (χ0n) is 9.52. The van der Waals surface area contributed by atoms with E-state index in [2.05, 4.69) is 23.1 Å². The molecule has 2 nitrogen and oxygen atoms in total. The Bertz CT molecular complexity index is 397. The molecule has 0 saturated carbocycles. The molecule has 0 unspecified atom stereocenters. The lowest BCUT2D eigenvalue weighted by atomic mass is 9.83.